The lowest BCUT2D eigenvalue weighted by Crippen LogP contribution is -2.49. The number of nitrogens with one attached hydrogen (secondary N) is 1. The molecule has 2 fully saturated rings. The van der Waals surface area contributed by atoms with Crippen LogP contribution in [0.1, 0.15) is 72.6 Å². The lowest BCUT2D eigenvalue weighted by Gasteiger charge is -2.41. The summed E-state index contributed by atoms with van der Waals surface area (Å²) in [5.74, 6) is 0.634. The second-order valence-corrected chi connectivity index (χ2v) is 12.0. The third kappa shape index (κ3) is 7.78. The molecule has 0 spiro atoms. The second kappa shape index (κ2) is 13.9. The van der Waals surface area contributed by atoms with Crippen molar-refractivity contribution in [1.82, 2.24) is 20.1 Å². The van der Waals surface area contributed by atoms with E-state index in [1.165, 1.54) is 5.56 Å². The zero-order valence-corrected chi connectivity index (χ0v) is 24.5. The highest BCUT2D eigenvalue weighted by atomic mass is 35.5. The number of nitrogens with zero attached hydrogens (tertiary/aromatic N) is 3. The number of piperidine rings is 1. The van der Waals surface area contributed by atoms with Gasteiger partial charge in [-0.2, -0.15) is 11.3 Å². The molecule has 0 radical (unpaired) electrons. The number of ether oxygens (including phenoxy) is 1. The topological polar surface area (TPSA) is 74.8 Å². The van der Waals surface area contributed by atoms with Crippen LogP contribution in [0.4, 0.5) is 0 Å². The lowest BCUT2D eigenvalue weighted by molar-refractivity contribution is -0.137. The van der Waals surface area contributed by atoms with Crippen molar-refractivity contribution >= 4 is 34.8 Å². The fraction of sp³-hybridized carbons (Fsp3) is 0.621. The molecule has 2 aliphatic heterocycles. The first-order chi connectivity index (χ1) is 18.3. The summed E-state index contributed by atoms with van der Waals surface area (Å²) in [7, 11) is 0. The maximum Gasteiger partial charge on any atom is 0.253 e. The van der Waals surface area contributed by atoms with Gasteiger partial charge in [0.05, 0.1) is 11.3 Å². The average molecular weight is 561 g/mol. The van der Waals surface area contributed by atoms with Gasteiger partial charge < -0.3 is 19.9 Å². The normalized spacial score (nSPS) is 18.3. The number of aromatic nitrogens is 1. The SMILES string of the molecule is Cc1cc(Cl)nc(C)c1C(=O)NCCC(C)N1CCC(N(Cc2ccsc2)C(=O)CC2CCOCC2)CC1. The minimum atomic E-state index is -0.0952. The molecule has 4 heterocycles. The molecule has 4 rings (SSSR count). The Balaban J connectivity index is 1.27. The number of halogens is 1. The van der Waals surface area contributed by atoms with Crippen LogP contribution in [-0.2, 0) is 16.1 Å². The molecule has 208 valence electrons. The van der Waals surface area contributed by atoms with Crippen LogP contribution in [0.15, 0.2) is 22.9 Å². The van der Waals surface area contributed by atoms with Crippen LogP contribution in [0.25, 0.3) is 0 Å². The van der Waals surface area contributed by atoms with Crippen molar-refractivity contribution < 1.29 is 14.3 Å². The van der Waals surface area contributed by atoms with E-state index in [1.54, 1.807) is 17.4 Å². The standard InChI is InChI=1S/C29H41ClN4O3S/c1-20-16-26(30)32-22(3)28(20)29(36)31-10-4-21(2)33-11-5-25(6-12-33)34(18-24-9-15-38-19-24)27(35)17-23-7-13-37-14-8-23/h9,15-16,19,21,23,25H,4-8,10-14,17-18H2,1-3H3,(H,31,36). The molecule has 2 amide bonds. The van der Waals surface area contributed by atoms with Gasteiger partial charge in [0.1, 0.15) is 5.15 Å². The highest BCUT2D eigenvalue weighted by Crippen LogP contribution is 2.26. The third-order valence-corrected chi connectivity index (χ3v) is 8.99. The van der Waals surface area contributed by atoms with E-state index in [1.807, 2.05) is 13.8 Å². The van der Waals surface area contributed by atoms with Gasteiger partial charge in [0.15, 0.2) is 0 Å². The molecule has 9 heteroatoms. The minimum Gasteiger partial charge on any atom is -0.381 e. The summed E-state index contributed by atoms with van der Waals surface area (Å²) < 4.78 is 5.50. The van der Waals surface area contributed by atoms with Gasteiger partial charge in [-0.15, -0.1) is 0 Å². The Labute approximate surface area is 235 Å². The smallest absolute Gasteiger partial charge is 0.253 e. The van der Waals surface area contributed by atoms with Gasteiger partial charge in [0.2, 0.25) is 5.91 Å². The Bertz CT molecular complexity index is 1040. The van der Waals surface area contributed by atoms with E-state index in [-0.39, 0.29) is 11.9 Å². The summed E-state index contributed by atoms with van der Waals surface area (Å²) >= 11 is 7.70. The molecule has 7 nitrogen and oxygen atoms in total. The summed E-state index contributed by atoms with van der Waals surface area (Å²) in [6.45, 7) is 10.7. The van der Waals surface area contributed by atoms with Crippen molar-refractivity contribution in [1.29, 1.82) is 0 Å². The average Bonchev–Trinajstić information content (AvgIpc) is 3.41. The van der Waals surface area contributed by atoms with Crippen molar-refractivity contribution in [3.63, 3.8) is 0 Å². The zero-order chi connectivity index (χ0) is 27.1. The Hall–Kier alpha value is -2.00. The first-order valence-corrected chi connectivity index (χ1v) is 15.2. The summed E-state index contributed by atoms with van der Waals surface area (Å²) in [4.78, 5) is 35.1. The Kier molecular flexibility index (Phi) is 10.6. The molecular formula is C29H41ClN4O3S. The molecule has 2 aromatic heterocycles. The van der Waals surface area contributed by atoms with E-state index in [2.05, 4.69) is 43.9 Å². The number of carbonyl (C=O) groups is 2. The number of rotatable bonds is 10. The van der Waals surface area contributed by atoms with E-state index in [4.69, 9.17) is 16.3 Å². The van der Waals surface area contributed by atoms with E-state index in [0.717, 1.165) is 64.0 Å². The molecule has 1 unspecified atom stereocenters. The summed E-state index contributed by atoms with van der Waals surface area (Å²) in [5, 5.41) is 7.72. The van der Waals surface area contributed by atoms with Crippen molar-refractivity contribution in [2.45, 2.75) is 77.9 Å². The third-order valence-electron chi connectivity index (χ3n) is 8.06. The maximum absolute atomic E-state index is 13.5. The van der Waals surface area contributed by atoms with Crippen molar-refractivity contribution in [3.05, 3.63) is 50.4 Å². The number of aryl methyl sites for hydroxylation is 2. The van der Waals surface area contributed by atoms with Crippen LogP contribution >= 0.6 is 22.9 Å². The lowest BCUT2D eigenvalue weighted by atomic mass is 9.94. The zero-order valence-electron chi connectivity index (χ0n) is 22.9. The van der Waals surface area contributed by atoms with Crippen molar-refractivity contribution in [3.8, 4) is 0 Å². The molecule has 2 aliphatic rings. The molecule has 1 N–H and O–H groups in total. The van der Waals surface area contributed by atoms with Crippen LogP contribution < -0.4 is 5.32 Å². The Morgan fingerprint density at radius 3 is 2.63 bits per heavy atom. The van der Waals surface area contributed by atoms with Gasteiger partial charge in [-0.25, -0.2) is 4.98 Å². The number of hydrogen-bond donors (Lipinski definition) is 1. The van der Waals surface area contributed by atoms with E-state index in [0.29, 0.717) is 53.8 Å². The highest BCUT2D eigenvalue weighted by molar-refractivity contribution is 7.07. The second-order valence-electron chi connectivity index (χ2n) is 10.8. The van der Waals surface area contributed by atoms with Gasteiger partial charge in [-0.3, -0.25) is 9.59 Å². The highest BCUT2D eigenvalue weighted by Gasteiger charge is 2.31. The molecule has 0 aliphatic carbocycles. The number of likely N-dealkylation sites (tertiary alicyclic amines) is 1. The van der Waals surface area contributed by atoms with E-state index < -0.39 is 0 Å². The fourth-order valence-corrected chi connectivity index (χ4v) is 6.70. The Morgan fingerprint density at radius 1 is 1.24 bits per heavy atom. The van der Waals surface area contributed by atoms with Crippen LogP contribution in [0.2, 0.25) is 5.15 Å². The minimum absolute atomic E-state index is 0.0952. The van der Waals surface area contributed by atoms with Gasteiger partial charge in [0, 0.05) is 57.9 Å². The predicted octanol–water partition coefficient (Wildman–Crippen LogP) is 5.23. The first-order valence-electron chi connectivity index (χ1n) is 13.9. The largest absolute Gasteiger partial charge is 0.381 e. The van der Waals surface area contributed by atoms with Gasteiger partial charge in [-0.05, 0) is 92.8 Å². The predicted molar refractivity (Wildman–Crippen MR) is 153 cm³/mol. The number of amides is 2. The van der Waals surface area contributed by atoms with E-state index in [9.17, 15) is 9.59 Å². The summed E-state index contributed by atoms with van der Waals surface area (Å²) in [6.07, 6.45) is 5.43. The molecule has 38 heavy (non-hydrogen) atoms. The Morgan fingerprint density at radius 2 is 1.97 bits per heavy atom. The van der Waals surface area contributed by atoms with E-state index >= 15 is 0 Å². The molecule has 2 saturated heterocycles. The van der Waals surface area contributed by atoms with Gasteiger partial charge in [0.25, 0.3) is 5.91 Å². The molecule has 1 atom stereocenters. The first kappa shape index (κ1) is 29.0. The molecule has 0 saturated carbocycles. The van der Waals surface area contributed by atoms with Crippen LogP contribution in [0, 0.1) is 19.8 Å². The van der Waals surface area contributed by atoms with Gasteiger partial charge >= 0.3 is 0 Å². The summed E-state index contributed by atoms with van der Waals surface area (Å²) in [6, 6.07) is 4.49. The molecule has 2 aromatic rings. The van der Waals surface area contributed by atoms with Crippen LogP contribution in [0.5, 0.6) is 0 Å². The van der Waals surface area contributed by atoms with Crippen LogP contribution in [-0.4, -0.2) is 71.5 Å². The van der Waals surface area contributed by atoms with Gasteiger partial charge in [-0.1, -0.05) is 11.6 Å². The number of pyridine rings is 1. The molecular weight excluding hydrogens is 520 g/mol. The molecule has 0 bridgehead atoms. The number of hydrogen-bond acceptors (Lipinski definition) is 6. The van der Waals surface area contributed by atoms with Crippen LogP contribution in [0.3, 0.4) is 0 Å². The van der Waals surface area contributed by atoms with Crippen molar-refractivity contribution in [2.24, 2.45) is 5.92 Å². The summed E-state index contributed by atoms with van der Waals surface area (Å²) in [5.41, 5.74) is 3.33. The van der Waals surface area contributed by atoms with Crippen molar-refractivity contribution in [2.75, 3.05) is 32.8 Å². The number of carbonyl (C=O) groups excluding carboxylic acids is 2. The molecule has 0 aromatic carbocycles. The quantitative estimate of drug-likeness (QED) is 0.403. The fourth-order valence-electron chi connectivity index (χ4n) is 5.75. The monoisotopic (exact) mass is 560 g/mol. The maximum atomic E-state index is 13.5. The number of thiophene rings is 1.